The third-order valence-corrected chi connectivity index (χ3v) is 4.52. The Hall–Kier alpha value is -2.76. The second-order valence-corrected chi connectivity index (χ2v) is 6.76. The second kappa shape index (κ2) is 8.75. The van der Waals surface area contributed by atoms with Gasteiger partial charge in [0.15, 0.2) is 0 Å². The lowest BCUT2D eigenvalue weighted by Gasteiger charge is -2.27. The molecule has 146 valence electrons. The maximum Gasteiger partial charge on any atom is 0.341 e. The third kappa shape index (κ3) is 4.70. The van der Waals surface area contributed by atoms with E-state index in [1.807, 2.05) is 24.3 Å². The van der Waals surface area contributed by atoms with Crippen LogP contribution in [-0.4, -0.2) is 43.5 Å². The van der Waals surface area contributed by atoms with Gasteiger partial charge in [-0.05, 0) is 58.0 Å². The fourth-order valence-corrected chi connectivity index (χ4v) is 3.10. The highest BCUT2D eigenvalue weighted by molar-refractivity contribution is 5.94. The first-order valence-electron chi connectivity index (χ1n) is 9.08. The van der Waals surface area contributed by atoms with Crippen LogP contribution in [0.4, 0.5) is 5.69 Å². The Bertz CT molecular complexity index is 793. The van der Waals surface area contributed by atoms with Crippen LogP contribution >= 0.6 is 0 Å². The summed E-state index contributed by atoms with van der Waals surface area (Å²) in [4.78, 5) is 28.2. The molecule has 0 bridgehead atoms. The minimum absolute atomic E-state index is 0.109. The van der Waals surface area contributed by atoms with Gasteiger partial charge in [0.2, 0.25) is 0 Å². The van der Waals surface area contributed by atoms with Crippen molar-refractivity contribution in [3.63, 3.8) is 0 Å². The van der Waals surface area contributed by atoms with Gasteiger partial charge in [0, 0.05) is 30.9 Å². The Kier molecular flexibility index (Phi) is 6.66. The van der Waals surface area contributed by atoms with Gasteiger partial charge in [-0.3, -0.25) is 4.79 Å². The largest absolute Gasteiger partial charge is 0.465 e. The maximum absolute atomic E-state index is 12.7. The number of amides is 1. The van der Waals surface area contributed by atoms with Gasteiger partial charge in [-0.1, -0.05) is 0 Å². The Morgan fingerprint density at radius 2 is 1.81 bits per heavy atom. The first-order valence-corrected chi connectivity index (χ1v) is 9.08. The van der Waals surface area contributed by atoms with E-state index in [1.165, 1.54) is 7.11 Å². The zero-order chi connectivity index (χ0) is 20.1. The SMILES string of the molecule is CCN(c1ccc(C(=O)N(C)Cc2cc(C(=O)OC)c(C)o2)cc1)C(C)C. The molecule has 0 fully saturated rings. The molecule has 0 saturated heterocycles. The Balaban J connectivity index is 2.10. The third-order valence-electron chi connectivity index (χ3n) is 4.52. The monoisotopic (exact) mass is 372 g/mol. The average molecular weight is 372 g/mol. The molecule has 6 heteroatoms. The van der Waals surface area contributed by atoms with Crippen molar-refractivity contribution in [2.45, 2.75) is 40.3 Å². The van der Waals surface area contributed by atoms with Crippen LogP contribution in [-0.2, 0) is 11.3 Å². The number of methoxy groups -OCH3 is 1. The van der Waals surface area contributed by atoms with Crippen LogP contribution < -0.4 is 4.90 Å². The molecule has 0 saturated carbocycles. The average Bonchev–Trinajstić information content (AvgIpc) is 3.01. The molecule has 1 aromatic carbocycles. The van der Waals surface area contributed by atoms with Crippen LogP contribution in [0.25, 0.3) is 0 Å². The van der Waals surface area contributed by atoms with Crippen molar-refractivity contribution in [1.29, 1.82) is 0 Å². The number of ether oxygens (including phenoxy) is 1. The summed E-state index contributed by atoms with van der Waals surface area (Å²) >= 11 is 0. The van der Waals surface area contributed by atoms with Crippen molar-refractivity contribution >= 4 is 17.6 Å². The molecule has 0 aliphatic carbocycles. The minimum atomic E-state index is -0.447. The van der Waals surface area contributed by atoms with E-state index in [4.69, 9.17) is 9.15 Å². The molecule has 6 nitrogen and oxygen atoms in total. The molecule has 1 aromatic heterocycles. The number of carbonyl (C=O) groups is 2. The molecule has 0 aliphatic heterocycles. The van der Waals surface area contributed by atoms with Gasteiger partial charge in [-0.15, -0.1) is 0 Å². The standard InChI is InChI=1S/C21H28N2O4/c1-7-23(14(2)3)17-10-8-16(9-11-17)20(24)22(5)13-18-12-19(15(4)27-18)21(25)26-6/h8-12,14H,7,13H2,1-6H3. The van der Waals surface area contributed by atoms with Crippen LogP contribution in [0.2, 0.25) is 0 Å². The van der Waals surface area contributed by atoms with E-state index in [0.717, 1.165) is 12.2 Å². The molecule has 27 heavy (non-hydrogen) atoms. The fourth-order valence-electron chi connectivity index (χ4n) is 3.10. The number of benzene rings is 1. The van der Waals surface area contributed by atoms with Crippen molar-refractivity contribution in [3.05, 3.63) is 53.0 Å². The number of nitrogens with zero attached hydrogens (tertiary/aromatic N) is 2. The molecule has 0 aliphatic rings. The van der Waals surface area contributed by atoms with Gasteiger partial charge in [-0.25, -0.2) is 4.79 Å². The van der Waals surface area contributed by atoms with Crippen molar-refractivity contribution in [1.82, 2.24) is 4.90 Å². The summed E-state index contributed by atoms with van der Waals surface area (Å²) in [6.07, 6.45) is 0. The van der Waals surface area contributed by atoms with Crippen LogP contribution in [0.3, 0.4) is 0 Å². The summed E-state index contributed by atoms with van der Waals surface area (Å²) in [5.74, 6) is 0.466. The van der Waals surface area contributed by atoms with Gasteiger partial charge in [0.05, 0.1) is 13.7 Å². The van der Waals surface area contributed by atoms with Gasteiger partial charge >= 0.3 is 5.97 Å². The van der Waals surface area contributed by atoms with Gasteiger partial charge in [-0.2, -0.15) is 0 Å². The number of aryl methyl sites for hydroxylation is 1. The topological polar surface area (TPSA) is 63.0 Å². The normalized spacial score (nSPS) is 10.8. The van der Waals surface area contributed by atoms with Crippen molar-refractivity contribution in [3.8, 4) is 0 Å². The maximum atomic E-state index is 12.7. The Morgan fingerprint density at radius 1 is 1.19 bits per heavy atom. The predicted octanol–water partition coefficient (Wildman–Crippen LogP) is 3.88. The van der Waals surface area contributed by atoms with Crippen LogP contribution in [0.5, 0.6) is 0 Å². The number of furan rings is 1. The molecule has 1 amide bonds. The zero-order valence-corrected chi connectivity index (χ0v) is 16.9. The van der Waals surface area contributed by atoms with E-state index >= 15 is 0 Å². The molecule has 0 unspecified atom stereocenters. The summed E-state index contributed by atoms with van der Waals surface area (Å²) < 4.78 is 10.3. The van der Waals surface area contributed by atoms with E-state index in [2.05, 4.69) is 25.7 Å². The highest BCUT2D eigenvalue weighted by Crippen LogP contribution is 2.20. The molecule has 2 aromatic rings. The predicted molar refractivity (Wildman–Crippen MR) is 105 cm³/mol. The number of hydrogen-bond acceptors (Lipinski definition) is 5. The summed E-state index contributed by atoms with van der Waals surface area (Å²) in [5.41, 5.74) is 2.08. The number of anilines is 1. The molecule has 0 spiro atoms. The first kappa shape index (κ1) is 20.6. The van der Waals surface area contributed by atoms with E-state index in [-0.39, 0.29) is 12.5 Å². The van der Waals surface area contributed by atoms with E-state index < -0.39 is 5.97 Å². The molecular weight excluding hydrogens is 344 g/mol. The lowest BCUT2D eigenvalue weighted by molar-refractivity contribution is 0.0598. The lowest BCUT2D eigenvalue weighted by atomic mass is 10.1. The quantitative estimate of drug-likeness (QED) is 0.690. The van der Waals surface area contributed by atoms with Gasteiger partial charge in [0.25, 0.3) is 5.91 Å². The van der Waals surface area contributed by atoms with E-state index in [9.17, 15) is 9.59 Å². The second-order valence-electron chi connectivity index (χ2n) is 6.76. The number of rotatable bonds is 7. The molecule has 0 N–H and O–H groups in total. The summed E-state index contributed by atoms with van der Waals surface area (Å²) in [7, 11) is 3.03. The number of esters is 1. The van der Waals surface area contributed by atoms with Crippen LogP contribution in [0.15, 0.2) is 34.7 Å². The first-order chi connectivity index (χ1) is 12.8. The molecule has 2 rings (SSSR count). The molecule has 0 radical (unpaired) electrons. The van der Waals surface area contributed by atoms with E-state index in [1.54, 1.807) is 24.9 Å². The van der Waals surface area contributed by atoms with Crippen molar-refractivity contribution < 1.29 is 18.7 Å². The summed E-state index contributed by atoms with van der Waals surface area (Å²) in [6.45, 7) is 9.27. The van der Waals surface area contributed by atoms with Gasteiger partial charge < -0.3 is 19.0 Å². The number of carbonyl (C=O) groups excluding carboxylic acids is 2. The smallest absolute Gasteiger partial charge is 0.341 e. The summed E-state index contributed by atoms with van der Waals surface area (Å²) in [6, 6.07) is 9.63. The van der Waals surface area contributed by atoms with Gasteiger partial charge in [0.1, 0.15) is 17.1 Å². The highest BCUT2D eigenvalue weighted by Gasteiger charge is 2.19. The lowest BCUT2D eigenvalue weighted by Crippen LogP contribution is -2.30. The van der Waals surface area contributed by atoms with Crippen LogP contribution in [0, 0.1) is 6.92 Å². The number of hydrogen-bond donors (Lipinski definition) is 0. The van der Waals surface area contributed by atoms with Crippen LogP contribution in [0.1, 0.15) is 53.0 Å². The summed E-state index contributed by atoms with van der Waals surface area (Å²) in [5, 5.41) is 0. The molecular formula is C21H28N2O4. The van der Waals surface area contributed by atoms with E-state index in [0.29, 0.717) is 28.7 Å². The minimum Gasteiger partial charge on any atom is -0.465 e. The molecule has 1 heterocycles. The highest BCUT2D eigenvalue weighted by atomic mass is 16.5. The Labute approximate surface area is 160 Å². The fraction of sp³-hybridized carbons (Fsp3) is 0.429. The Morgan fingerprint density at radius 3 is 2.33 bits per heavy atom. The molecule has 0 atom stereocenters. The van der Waals surface area contributed by atoms with Crippen molar-refractivity contribution in [2.75, 3.05) is 25.6 Å². The van der Waals surface area contributed by atoms with Crippen molar-refractivity contribution in [2.24, 2.45) is 0 Å². The zero-order valence-electron chi connectivity index (χ0n) is 16.9.